The number of pyridine rings is 1. The third-order valence-electron chi connectivity index (χ3n) is 6.33. The Kier molecular flexibility index (Phi) is 6.24. The van der Waals surface area contributed by atoms with Crippen LogP contribution in [0.4, 0.5) is 17.1 Å². The molecule has 0 unspecified atom stereocenters. The zero-order valence-corrected chi connectivity index (χ0v) is 21.1. The van der Waals surface area contributed by atoms with Crippen molar-refractivity contribution in [1.29, 1.82) is 0 Å². The van der Waals surface area contributed by atoms with Crippen molar-refractivity contribution in [3.05, 3.63) is 123 Å². The monoisotopic (exact) mass is 543 g/mol. The van der Waals surface area contributed by atoms with Gasteiger partial charge in [0.05, 0.1) is 37.9 Å². The third kappa shape index (κ3) is 4.22. The van der Waals surface area contributed by atoms with E-state index >= 15 is 0 Å². The molecule has 1 amide bonds. The molecule has 0 atom stereocenters. The maximum absolute atomic E-state index is 14.4. The highest BCUT2D eigenvalue weighted by atomic mass is 32.2. The minimum atomic E-state index is -4.95. The summed E-state index contributed by atoms with van der Waals surface area (Å²) in [5.41, 5.74) is -0.344. The molecule has 0 saturated heterocycles. The number of sulfonamides is 1. The number of aromatic nitrogens is 1. The van der Waals surface area contributed by atoms with Crippen LogP contribution < -0.4 is 8.87 Å². The number of carbonyl (C=O) groups excluding carboxylic acids is 1. The van der Waals surface area contributed by atoms with E-state index < -0.39 is 42.0 Å². The molecule has 0 spiro atoms. The molecule has 0 fully saturated rings. The minimum Gasteiger partial charge on any atom is -0.268 e. The van der Waals surface area contributed by atoms with Gasteiger partial charge in [-0.3, -0.25) is 25.0 Å². The standard InChI is InChI=1S/C27H19N4O7S/c1-28-22-13-7-5-11-20(22)26(21-12-6-8-14-23(21)28)27(32)29(18-9-3-2-4-10-18)39(37,38)25-16-15-19(30(33)34)17-24(25)31(35)36/h2-17H,1H3/q+1. The number of nitro groups is 2. The lowest BCUT2D eigenvalue weighted by atomic mass is 10.0. The van der Waals surface area contributed by atoms with Crippen molar-refractivity contribution in [3.8, 4) is 0 Å². The number of hydrogen-bond donors (Lipinski definition) is 0. The number of nitro benzene ring substituents is 2. The first-order valence-corrected chi connectivity index (χ1v) is 12.9. The average molecular weight is 544 g/mol. The fourth-order valence-corrected chi connectivity index (χ4v) is 6.11. The van der Waals surface area contributed by atoms with E-state index in [1.807, 2.05) is 11.6 Å². The first kappa shape index (κ1) is 25.4. The molecule has 0 radical (unpaired) electrons. The Morgan fingerprint density at radius 2 is 1.31 bits per heavy atom. The van der Waals surface area contributed by atoms with Crippen LogP contribution >= 0.6 is 0 Å². The molecule has 194 valence electrons. The average Bonchev–Trinajstić information content (AvgIpc) is 2.93. The lowest BCUT2D eigenvalue weighted by Crippen LogP contribution is -2.39. The van der Waals surface area contributed by atoms with E-state index in [9.17, 15) is 33.4 Å². The van der Waals surface area contributed by atoms with Gasteiger partial charge in [0.2, 0.25) is 11.0 Å². The number of amides is 1. The Labute approximate surface area is 221 Å². The number of non-ortho nitro benzene ring substituents is 1. The molecule has 5 aromatic rings. The van der Waals surface area contributed by atoms with Gasteiger partial charge in [0.25, 0.3) is 27.3 Å². The van der Waals surface area contributed by atoms with E-state index in [-0.39, 0.29) is 11.3 Å². The molecule has 0 bridgehead atoms. The van der Waals surface area contributed by atoms with Crippen molar-refractivity contribution in [2.75, 3.05) is 4.31 Å². The van der Waals surface area contributed by atoms with E-state index in [4.69, 9.17) is 0 Å². The summed E-state index contributed by atoms with van der Waals surface area (Å²) in [6, 6.07) is 23.6. The van der Waals surface area contributed by atoms with Crippen LogP contribution in [0.3, 0.4) is 0 Å². The summed E-state index contributed by atoms with van der Waals surface area (Å²) in [4.78, 5) is 34.7. The maximum Gasteiger partial charge on any atom is 0.296 e. The van der Waals surface area contributed by atoms with Crippen LogP contribution in [0.5, 0.6) is 0 Å². The zero-order chi connectivity index (χ0) is 27.9. The summed E-state index contributed by atoms with van der Waals surface area (Å²) in [6.45, 7) is 0. The minimum absolute atomic E-state index is 0.0588. The molecule has 0 aliphatic carbocycles. The van der Waals surface area contributed by atoms with Gasteiger partial charge in [-0.15, -0.1) is 0 Å². The molecule has 11 nitrogen and oxygen atoms in total. The first-order chi connectivity index (χ1) is 18.6. The Balaban J connectivity index is 1.84. The molecule has 39 heavy (non-hydrogen) atoms. The SMILES string of the molecule is C[n+]1c2ccccc2c(C(=O)N(c2ccccc2)S(=O)(=O)c2ccc([N+](=O)[O-])cc2[N+](=O)[O-])c2ccccc21. The molecule has 1 heterocycles. The van der Waals surface area contributed by atoms with Gasteiger partial charge in [0, 0.05) is 18.2 Å². The number of anilines is 1. The lowest BCUT2D eigenvalue weighted by molar-refractivity contribution is -0.617. The Hall–Kier alpha value is -5.23. The quantitative estimate of drug-likeness (QED) is 0.131. The Morgan fingerprint density at radius 3 is 1.85 bits per heavy atom. The number of fused-ring (bicyclic) bond motifs is 2. The van der Waals surface area contributed by atoms with Crippen LogP contribution in [-0.4, -0.2) is 24.2 Å². The highest BCUT2D eigenvalue weighted by Gasteiger charge is 2.39. The van der Waals surface area contributed by atoms with E-state index in [0.717, 1.165) is 12.1 Å². The van der Waals surface area contributed by atoms with Gasteiger partial charge in [-0.2, -0.15) is 8.87 Å². The highest BCUT2D eigenvalue weighted by Crippen LogP contribution is 2.35. The normalized spacial score (nSPS) is 11.4. The number of carbonyl (C=O) groups is 1. The fourth-order valence-electron chi connectivity index (χ4n) is 4.57. The van der Waals surface area contributed by atoms with Crippen molar-refractivity contribution < 1.29 is 27.6 Å². The smallest absolute Gasteiger partial charge is 0.268 e. The number of para-hydroxylation sites is 3. The largest absolute Gasteiger partial charge is 0.296 e. The van der Waals surface area contributed by atoms with Crippen LogP contribution in [0, 0.1) is 20.2 Å². The summed E-state index contributed by atoms with van der Waals surface area (Å²) in [6.07, 6.45) is 0. The molecule has 12 heteroatoms. The summed E-state index contributed by atoms with van der Waals surface area (Å²) >= 11 is 0. The molecular formula is C27H19N4O7S+. The maximum atomic E-state index is 14.4. The van der Waals surface area contributed by atoms with Crippen molar-refractivity contribution in [2.24, 2.45) is 7.05 Å². The van der Waals surface area contributed by atoms with Crippen molar-refractivity contribution in [3.63, 3.8) is 0 Å². The van der Waals surface area contributed by atoms with Crippen molar-refractivity contribution >= 4 is 54.8 Å². The number of aryl methyl sites for hydroxylation is 1. The molecule has 0 saturated carbocycles. The number of nitrogens with zero attached hydrogens (tertiary/aromatic N) is 4. The van der Waals surface area contributed by atoms with Gasteiger partial charge in [-0.25, -0.2) is 8.42 Å². The van der Waals surface area contributed by atoms with Crippen LogP contribution in [-0.2, 0) is 17.1 Å². The van der Waals surface area contributed by atoms with E-state index in [2.05, 4.69) is 0 Å². The number of benzene rings is 4. The summed E-state index contributed by atoms with van der Waals surface area (Å²) in [5.74, 6) is -0.943. The van der Waals surface area contributed by atoms with Gasteiger partial charge >= 0.3 is 0 Å². The van der Waals surface area contributed by atoms with E-state index in [0.29, 0.717) is 32.2 Å². The lowest BCUT2D eigenvalue weighted by Gasteiger charge is -2.23. The topological polar surface area (TPSA) is 145 Å². The highest BCUT2D eigenvalue weighted by molar-refractivity contribution is 7.93. The van der Waals surface area contributed by atoms with Gasteiger partial charge in [0.1, 0.15) is 7.05 Å². The zero-order valence-electron chi connectivity index (χ0n) is 20.3. The van der Waals surface area contributed by atoms with Crippen molar-refractivity contribution in [1.82, 2.24) is 0 Å². The second-order valence-electron chi connectivity index (χ2n) is 8.54. The van der Waals surface area contributed by atoms with Gasteiger partial charge in [0.15, 0.2) is 4.90 Å². The number of rotatable bonds is 6. The summed E-state index contributed by atoms with van der Waals surface area (Å²) in [7, 11) is -3.13. The Morgan fingerprint density at radius 1 is 0.769 bits per heavy atom. The Bertz CT molecular complexity index is 1870. The summed E-state index contributed by atoms with van der Waals surface area (Å²) in [5, 5.41) is 24.0. The molecule has 0 aliphatic heterocycles. The van der Waals surface area contributed by atoms with Gasteiger partial charge < -0.3 is 0 Å². The molecular weight excluding hydrogens is 524 g/mol. The van der Waals surface area contributed by atoms with Gasteiger partial charge in [-0.1, -0.05) is 42.5 Å². The predicted molar refractivity (Wildman–Crippen MR) is 143 cm³/mol. The van der Waals surface area contributed by atoms with Crippen LogP contribution in [0.1, 0.15) is 10.4 Å². The van der Waals surface area contributed by atoms with E-state index in [1.165, 1.54) is 24.3 Å². The van der Waals surface area contributed by atoms with Crippen molar-refractivity contribution in [2.45, 2.75) is 4.90 Å². The molecule has 0 N–H and O–H groups in total. The molecule has 0 aliphatic rings. The van der Waals surface area contributed by atoms with E-state index in [1.54, 1.807) is 54.6 Å². The molecule has 1 aromatic heterocycles. The molecule has 4 aromatic carbocycles. The third-order valence-corrected chi connectivity index (χ3v) is 8.09. The van der Waals surface area contributed by atoms with Crippen LogP contribution in [0.25, 0.3) is 21.8 Å². The van der Waals surface area contributed by atoms with Crippen LogP contribution in [0.2, 0.25) is 0 Å². The second kappa shape index (κ2) is 9.58. The number of hydrogen-bond acceptors (Lipinski definition) is 7. The predicted octanol–water partition coefficient (Wildman–Crippen LogP) is 4.67. The summed E-state index contributed by atoms with van der Waals surface area (Å²) < 4.78 is 30.6. The molecule has 5 rings (SSSR count). The van der Waals surface area contributed by atoms with Crippen LogP contribution in [0.15, 0.2) is 102 Å². The van der Waals surface area contributed by atoms with Gasteiger partial charge in [-0.05, 0) is 30.3 Å². The fraction of sp³-hybridized carbons (Fsp3) is 0.0370. The first-order valence-electron chi connectivity index (χ1n) is 11.5. The second-order valence-corrected chi connectivity index (χ2v) is 10.3.